The van der Waals surface area contributed by atoms with E-state index in [9.17, 15) is 14.4 Å². The van der Waals surface area contributed by atoms with Crippen LogP contribution >= 0.6 is 0 Å². The van der Waals surface area contributed by atoms with Gasteiger partial charge >= 0.3 is 11.9 Å². The quantitative estimate of drug-likeness (QED) is 0.744. The number of carbonyl (C=O) groups excluding carboxylic acids is 3. The summed E-state index contributed by atoms with van der Waals surface area (Å²) in [5, 5.41) is 2.76. The van der Waals surface area contributed by atoms with Crippen LogP contribution in [-0.4, -0.2) is 37.0 Å². The molecule has 3 rings (SSSR count). The van der Waals surface area contributed by atoms with E-state index in [1.807, 2.05) is 13.0 Å². The molecule has 1 amide bonds. The lowest BCUT2D eigenvalue weighted by atomic mass is 10.1. The molecule has 0 spiro atoms. The van der Waals surface area contributed by atoms with Gasteiger partial charge in [-0.15, -0.1) is 0 Å². The molecule has 8 heteroatoms. The first-order valence-corrected chi connectivity index (χ1v) is 9.35. The summed E-state index contributed by atoms with van der Waals surface area (Å²) < 4.78 is 9.73. The minimum atomic E-state index is -0.757. The number of methoxy groups -OCH3 is 2. The Bertz CT molecular complexity index is 1120. The fourth-order valence-corrected chi connectivity index (χ4v) is 3.02. The first kappa shape index (κ1) is 21.5. The average Bonchev–Trinajstić information content (AvgIpc) is 3.01. The monoisotopic (exact) mass is 419 g/mol. The van der Waals surface area contributed by atoms with Crippen LogP contribution in [0.3, 0.4) is 0 Å². The summed E-state index contributed by atoms with van der Waals surface area (Å²) in [5.74, 6) is -1.50. The van der Waals surface area contributed by atoms with E-state index >= 15 is 0 Å². The zero-order valence-corrected chi connectivity index (χ0v) is 17.3. The molecule has 0 radical (unpaired) electrons. The van der Waals surface area contributed by atoms with Gasteiger partial charge in [0.15, 0.2) is 0 Å². The van der Waals surface area contributed by atoms with E-state index in [0.29, 0.717) is 11.5 Å². The second-order valence-corrected chi connectivity index (χ2v) is 6.45. The number of nitrogens with one attached hydrogen (secondary N) is 1. The normalized spacial score (nSPS) is 12.9. The number of nitrogens with zero attached hydrogens (tertiary/aromatic N) is 2. The number of rotatable bonds is 5. The van der Waals surface area contributed by atoms with Gasteiger partial charge in [-0.1, -0.05) is 24.3 Å². The molecule has 0 aliphatic carbocycles. The van der Waals surface area contributed by atoms with Gasteiger partial charge in [0.2, 0.25) is 0 Å². The summed E-state index contributed by atoms with van der Waals surface area (Å²) in [6.07, 6.45) is 6.24. The van der Waals surface area contributed by atoms with Crippen LogP contribution in [0.15, 0.2) is 78.2 Å². The molecule has 0 unspecified atom stereocenters. The van der Waals surface area contributed by atoms with Crippen molar-refractivity contribution in [3.05, 3.63) is 89.4 Å². The van der Waals surface area contributed by atoms with Gasteiger partial charge in [0, 0.05) is 11.9 Å². The molecule has 0 saturated carbocycles. The highest BCUT2D eigenvalue weighted by Crippen LogP contribution is 2.29. The lowest BCUT2D eigenvalue weighted by Gasteiger charge is -2.25. The third-order valence-corrected chi connectivity index (χ3v) is 4.43. The van der Waals surface area contributed by atoms with Crippen molar-refractivity contribution < 1.29 is 23.9 Å². The van der Waals surface area contributed by atoms with Crippen LogP contribution in [-0.2, 0) is 19.1 Å². The van der Waals surface area contributed by atoms with Crippen molar-refractivity contribution >= 4 is 29.4 Å². The summed E-state index contributed by atoms with van der Waals surface area (Å²) in [4.78, 5) is 43.7. The van der Waals surface area contributed by atoms with Crippen molar-refractivity contribution in [2.45, 2.75) is 6.92 Å². The van der Waals surface area contributed by atoms with E-state index in [1.54, 1.807) is 54.8 Å². The second kappa shape index (κ2) is 9.53. The van der Waals surface area contributed by atoms with Crippen LogP contribution in [0.1, 0.15) is 16.1 Å². The summed E-state index contributed by atoms with van der Waals surface area (Å²) >= 11 is 0. The number of carbonyl (C=O) groups is 3. The fourth-order valence-electron chi connectivity index (χ4n) is 3.02. The molecule has 0 bridgehead atoms. The Morgan fingerprint density at radius 1 is 0.935 bits per heavy atom. The maximum Gasteiger partial charge on any atom is 0.355 e. The van der Waals surface area contributed by atoms with E-state index in [0.717, 1.165) is 5.69 Å². The Morgan fingerprint density at radius 2 is 1.68 bits per heavy atom. The number of amides is 1. The number of para-hydroxylation sites is 1. The highest BCUT2D eigenvalue weighted by Gasteiger charge is 2.29. The smallest absolute Gasteiger partial charge is 0.355 e. The fraction of sp³-hybridized carbons (Fsp3) is 0.130. The van der Waals surface area contributed by atoms with Crippen LogP contribution in [0.25, 0.3) is 0 Å². The van der Waals surface area contributed by atoms with Gasteiger partial charge in [0.25, 0.3) is 5.91 Å². The number of pyridine rings is 1. The topological polar surface area (TPSA) is 97.8 Å². The Kier molecular flexibility index (Phi) is 6.61. The molecule has 0 fully saturated rings. The second-order valence-electron chi connectivity index (χ2n) is 6.45. The van der Waals surface area contributed by atoms with Crippen molar-refractivity contribution in [1.82, 2.24) is 4.98 Å². The third kappa shape index (κ3) is 4.69. The SMILES string of the molecule is COC(=O)C1=C(C(=O)OC)N(c2ccccc2C(=O)Nc2cccc(C)n2)C=CC=C1. The molecule has 0 atom stereocenters. The predicted molar refractivity (Wildman–Crippen MR) is 115 cm³/mol. The molecular formula is C23H21N3O5. The number of aryl methyl sites for hydroxylation is 1. The molecule has 2 heterocycles. The molecule has 158 valence electrons. The number of benzene rings is 1. The first-order chi connectivity index (χ1) is 15.0. The van der Waals surface area contributed by atoms with Gasteiger partial charge in [-0.3, -0.25) is 4.79 Å². The van der Waals surface area contributed by atoms with E-state index in [4.69, 9.17) is 9.47 Å². The van der Waals surface area contributed by atoms with Crippen molar-refractivity contribution in [2.24, 2.45) is 0 Å². The molecule has 1 aliphatic heterocycles. The summed E-state index contributed by atoms with van der Waals surface area (Å²) in [6.45, 7) is 1.82. The Balaban J connectivity index is 2.10. The minimum Gasteiger partial charge on any atom is -0.465 e. The maximum absolute atomic E-state index is 13.1. The van der Waals surface area contributed by atoms with Crippen LogP contribution in [0.2, 0.25) is 0 Å². The van der Waals surface area contributed by atoms with E-state index in [2.05, 4.69) is 10.3 Å². The molecular weight excluding hydrogens is 398 g/mol. The number of ether oxygens (including phenoxy) is 2. The van der Waals surface area contributed by atoms with Gasteiger partial charge < -0.3 is 19.7 Å². The minimum absolute atomic E-state index is 0.00471. The number of aromatic nitrogens is 1. The molecule has 1 aliphatic rings. The molecule has 1 aromatic heterocycles. The molecule has 2 aromatic rings. The van der Waals surface area contributed by atoms with Gasteiger partial charge in [-0.25, -0.2) is 14.6 Å². The largest absolute Gasteiger partial charge is 0.465 e. The Labute approximate surface area is 179 Å². The number of hydrogen-bond donors (Lipinski definition) is 1. The van der Waals surface area contributed by atoms with Gasteiger partial charge in [-0.2, -0.15) is 0 Å². The van der Waals surface area contributed by atoms with E-state index in [-0.39, 0.29) is 16.8 Å². The van der Waals surface area contributed by atoms with Crippen LogP contribution in [0.5, 0.6) is 0 Å². The summed E-state index contributed by atoms with van der Waals surface area (Å²) in [6, 6.07) is 12.0. The Morgan fingerprint density at radius 3 is 2.39 bits per heavy atom. The highest BCUT2D eigenvalue weighted by atomic mass is 16.5. The molecule has 0 saturated heterocycles. The van der Waals surface area contributed by atoms with Crippen molar-refractivity contribution in [1.29, 1.82) is 0 Å². The van der Waals surface area contributed by atoms with Crippen molar-refractivity contribution in [3.8, 4) is 0 Å². The van der Waals surface area contributed by atoms with Crippen LogP contribution in [0.4, 0.5) is 11.5 Å². The predicted octanol–water partition coefficient (Wildman–Crippen LogP) is 3.13. The lowest BCUT2D eigenvalue weighted by Crippen LogP contribution is -2.28. The van der Waals surface area contributed by atoms with E-state index < -0.39 is 17.8 Å². The number of hydrogen-bond acceptors (Lipinski definition) is 7. The van der Waals surface area contributed by atoms with Crippen LogP contribution in [0, 0.1) is 6.92 Å². The Hall–Kier alpha value is -4.20. The summed E-state index contributed by atoms with van der Waals surface area (Å²) in [5.41, 5.74) is 1.31. The lowest BCUT2D eigenvalue weighted by molar-refractivity contribution is -0.139. The molecule has 8 nitrogen and oxygen atoms in total. The summed E-state index contributed by atoms with van der Waals surface area (Å²) in [7, 11) is 2.43. The van der Waals surface area contributed by atoms with Crippen molar-refractivity contribution in [3.63, 3.8) is 0 Å². The molecule has 1 aromatic carbocycles. The zero-order valence-electron chi connectivity index (χ0n) is 17.3. The van der Waals surface area contributed by atoms with Gasteiger partial charge in [-0.05, 0) is 43.3 Å². The number of anilines is 2. The third-order valence-electron chi connectivity index (χ3n) is 4.43. The van der Waals surface area contributed by atoms with Gasteiger partial charge in [0.1, 0.15) is 11.5 Å². The maximum atomic E-state index is 13.1. The molecule has 31 heavy (non-hydrogen) atoms. The molecule has 1 N–H and O–H groups in total. The first-order valence-electron chi connectivity index (χ1n) is 9.35. The standard InChI is InChI=1S/C23H21N3O5/c1-15-9-8-13-19(24-15)25-21(27)16-10-4-5-12-18(16)26-14-7-6-11-17(22(28)30-2)20(26)23(29)31-3/h4-14H,1-3H3,(H,24,25,27). The van der Waals surface area contributed by atoms with Crippen LogP contribution < -0.4 is 10.2 Å². The van der Waals surface area contributed by atoms with Gasteiger partial charge in [0.05, 0.1) is 31.0 Å². The van der Waals surface area contributed by atoms with Crippen molar-refractivity contribution in [2.75, 3.05) is 24.4 Å². The average molecular weight is 419 g/mol. The number of esters is 2. The van der Waals surface area contributed by atoms with E-state index in [1.165, 1.54) is 25.2 Å². The highest BCUT2D eigenvalue weighted by molar-refractivity contribution is 6.10. The number of allylic oxidation sites excluding steroid dienone is 2. The zero-order chi connectivity index (χ0) is 22.4.